The van der Waals surface area contributed by atoms with E-state index >= 15 is 0 Å². The summed E-state index contributed by atoms with van der Waals surface area (Å²) in [6.45, 7) is 0.165. The summed E-state index contributed by atoms with van der Waals surface area (Å²) in [7, 11) is 0. The van der Waals surface area contributed by atoms with E-state index in [2.05, 4.69) is 20.6 Å². The van der Waals surface area contributed by atoms with Crippen LogP contribution in [0.15, 0.2) is 77.7 Å². The van der Waals surface area contributed by atoms with Gasteiger partial charge in [0, 0.05) is 5.56 Å². The normalized spacial score (nSPS) is 14.9. The van der Waals surface area contributed by atoms with Gasteiger partial charge in [0.1, 0.15) is 5.82 Å². The van der Waals surface area contributed by atoms with Crippen molar-refractivity contribution in [3.8, 4) is 22.5 Å². The van der Waals surface area contributed by atoms with Gasteiger partial charge in [0.25, 0.3) is 11.1 Å². The number of amides is 2. The van der Waals surface area contributed by atoms with Crippen molar-refractivity contribution in [1.29, 1.82) is 0 Å². The Morgan fingerprint density at radius 3 is 2.36 bits per heavy atom. The van der Waals surface area contributed by atoms with Crippen LogP contribution in [0.3, 0.4) is 0 Å². The molecule has 0 bridgehead atoms. The molecule has 1 aliphatic rings. The lowest BCUT2D eigenvalue weighted by molar-refractivity contribution is -0.123. The molecule has 1 aliphatic heterocycles. The van der Waals surface area contributed by atoms with Crippen LogP contribution in [0.2, 0.25) is 0 Å². The minimum Gasteiger partial charge on any atom is -0.268 e. The highest BCUT2D eigenvalue weighted by atomic mass is 32.2. The van der Waals surface area contributed by atoms with E-state index in [0.29, 0.717) is 16.3 Å². The van der Waals surface area contributed by atoms with Crippen LogP contribution < -0.4 is 0 Å². The van der Waals surface area contributed by atoms with Crippen LogP contribution >= 0.6 is 11.8 Å². The number of tetrazole rings is 1. The molecule has 162 valence electrons. The molecule has 0 spiro atoms. The van der Waals surface area contributed by atoms with E-state index in [-0.39, 0.29) is 23.5 Å². The first kappa shape index (κ1) is 20.8. The molecular formula is C24H16FN5O2S. The molecule has 1 fully saturated rings. The molecule has 1 N–H and O–H groups in total. The van der Waals surface area contributed by atoms with Gasteiger partial charge in [-0.1, -0.05) is 60.7 Å². The maximum Gasteiger partial charge on any atom is 0.293 e. The Balaban J connectivity index is 1.35. The van der Waals surface area contributed by atoms with Crippen LogP contribution in [0.5, 0.6) is 0 Å². The van der Waals surface area contributed by atoms with Gasteiger partial charge in [0.2, 0.25) is 5.82 Å². The highest BCUT2D eigenvalue weighted by Gasteiger charge is 2.35. The zero-order valence-corrected chi connectivity index (χ0v) is 17.9. The number of rotatable bonds is 5. The number of H-pyrrole nitrogens is 1. The SMILES string of the molecule is O=C1S/C(=C\c2ccc(F)cc2)C(=O)N1Cc1ccc(-c2ccccc2-c2nn[nH]n2)cc1. The summed E-state index contributed by atoms with van der Waals surface area (Å²) in [5.74, 6) is -0.218. The number of carbonyl (C=O) groups excluding carboxylic acids is 2. The molecule has 1 saturated heterocycles. The fourth-order valence-electron chi connectivity index (χ4n) is 3.52. The summed E-state index contributed by atoms with van der Waals surface area (Å²) in [6, 6.07) is 21.1. The Morgan fingerprint density at radius 1 is 0.939 bits per heavy atom. The van der Waals surface area contributed by atoms with E-state index in [1.165, 1.54) is 17.0 Å². The average molecular weight is 457 g/mol. The van der Waals surface area contributed by atoms with Gasteiger partial charge in [0.15, 0.2) is 0 Å². The Bertz CT molecular complexity index is 1350. The first-order valence-corrected chi connectivity index (χ1v) is 10.8. The number of imide groups is 1. The molecule has 33 heavy (non-hydrogen) atoms. The van der Waals surface area contributed by atoms with Crippen LogP contribution in [0, 0.1) is 5.82 Å². The lowest BCUT2D eigenvalue weighted by Crippen LogP contribution is -2.27. The summed E-state index contributed by atoms with van der Waals surface area (Å²) in [6.07, 6.45) is 1.60. The van der Waals surface area contributed by atoms with Crippen molar-refractivity contribution >= 4 is 29.0 Å². The second-order valence-corrected chi connectivity index (χ2v) is 8.29. The van der Waals surface area contributed by atoms with Crippen LogP contribution in [-0.4, -0.2) is 36.7 Å². The topological polar surface area (TPSA) is 91.8 Å². The largest absolute Gasteiger partial charge is 0.293 e. The molecule has 1 aromatic heterocycles. The maximum absolute atomic E-state index is 13.1. The summed E-state index contributed by atoms with van der Waals surface area (Å²) in [5.41, 5.74) is 4.21. The third-order valence-electron chi connectivity index (χ3n) is 5.16. The Kier molecular flexibility index (Phi) is 5.54. The lowest BCUT2D eigenvalue weighted by atomic mass is 9.98. The molecule has 4 aromatic rings. The van der Waals surface area contributed by atoms with Crippen LogP contribution in [0.4, 0.5) is 9.18 Å². The summed E-state index contributed by atoms with van der Waals surface area (Å²) in [5, 5.41) is 13.9. The second-order valence-electron chi connectivity index (χ2n) is 7.30. The third kappa shape index (κ3) is 4.31. The van der Waals surface area contributed by atoms with E-state index in [1.54, 1.807) is 18.2 Å². The van der Waals surface area contributed by atoms with Crippen molar-refractivity contribution in [3.05, 3.63) is 94.6 Å². The number of thioether (sulfide) groups is 1. The molecule has 9 heteroatoms. The Morgan fingerprint density at radius 2 is 1.67 bits per heavy atom. The van der Waals surface area contributed by atoms with Crippen molar-refractivity contribution in [2.45, 2.75) is 6.54 Å². The van der Waals surface area contributed by atoms with Crippen molar-refractivity contribution in [1.82, 2.24) is 25.5 Å². The zero-order valence-electron chi connectivity index (χ0n) is 17.1. The Hall–Kier alpha value is -4.11. The molecule has 3 aromatic carbocycles. The predicted octanol–water partition coefficient (Wildman–Crippen LogP) is 4.91. The first-order valence-electron chi connectivity index (χ1n) is 10.0. The number of hydrogen-bond acceptors (Lipinski definition) is 6. The van der Waals surface area contributed by atoms with E-state index in [0.717, 1.165) is 34.0 Å². The smallest absolute Gasteiger partial charge is 0.268 e. The third-order valence-corrected chi connectivity index (χ3v) is 6.07. The monoisotopic (exact) mass is 457 g/mol. The average Bonchev–Trinajstić information content (AvgIpc) is 3.46. The quantitative estimate of drug-likeness (QED) is 0.428. The standard InChI is InChI=1S/C24H16FN5O2S/c25-18-11-7-15(8-12-18)13-21-23(31)30(24(32)33-21)14-16-5-9-17(10-6-16)19-3-1-2-4-20(19)22-26-28-29-27-22/h1-13H,14H2,(H,26,27,28,29)/b21-13-. The van der Waals surface area contributed by atoms with Gasteiger partial charge in [0.05, 0.1) is 11.4 Å². The van der Waals surface area contributed by atoms with Gasteiger partial charge < -0.3 is 0 Å². The van der Waals surface area contributed by atoms with Crippen molar-refractivity contribution in [3.63, 3.8) is 0 Å². The molecule has 7 nitrogen and oxygen atoms in total. The number of aromatic nitrogens is 4. The summed E-state index contributed by atoms with van der Waals surface area (Å²) < 4.78 is 13.1. The van der Waals surface area contributed by atoms with Crippen LogP contribution in [-0.2, 0) is 11.3 Å². The predicted molar refractivity (Wildman–Crippen MR) is 123 cm³/mol. The molecule has 2 heterocycles. The number of aromatic amines is 1. The molecule has 0 saturated carbocycles. The first-order chi connectivity index (χ1) is 16.1. The number of nitrogens with zero attached hydrogens (tertiary/aromatic N) is 4. The van der Waals surface area contributed by atoms with E-state index < -0.39 is 0 Å². The minimum atomic E-state index is -0.360. The number of carbonyl (C=O) groups is 2. The van der Waals surface area contributed by atoms with Gasteiger partial charge >= 0.3 is 0 Å². The van der Waals surface area contributed by atoms with Gasteiger partial charge in [-0.2, -0.15) is 5.21 Å². The number of halogens is 1. The highest BCUT2D eigenvalue weighted by Crippen LogP contribution is 2.34. The fourth-order valence-corrected chi connectivity index (χ4v) is 4.36. The fraction of sp³-hybridized carbons (Fsp3) is 0.0417. The maximum atomic E-state index is 13.1. The highest BCUT2D eigenvalue weighted by molar-refractivity contribution is 8.18. The van der Waals surface area contributed by atoms with E-state index in [1.807, 2.05) is 48.5 Å². The van der Waals surface area contributed by atoms with Crippen molar-refractivity contribution in [2.24, 2.45) is 0 Å². The van der Waals surface area contributed by atoms with E-state index in [4.69, 9.17) is 0 Å². The van der Waals surface area contributed by atoms with Gasteiger partial charge in [-0.25, -0.2) is 4.39 Å². The number of hydrogen-bond donors (Lipinski definition) is 1. The van der Waals surface area contributed by atoms with E-state index in [9.17, 15) is 14.0 Å². The summed E-state index contributed by atoms with van der Waals surface area (Å²) >= 11 is 0.883. The van der Waals surface area contributed by atoms with Crippen molar-refractivity contribution in [2.75, 3.05) is 0 Å². The molecule has 0 aliphatic carbocycles. The van der Waals surface area contributed by atoms with Crippen LogP contribution in [0.1, 0.15) is 11.1 Å². The number of nitrogens with one attached hydrogen (secondary N) is 1. The van der Waals surface area contributed by atoms with Crippen molar-refractivity contribution < 1.29 is 14.0 Å². The minimum absolute atomic E-state index is 0.165. The lowest BCUT2D eigenvalue weighted by Gasteiger charge is -2.13. The molecule has 0 unspecified atom stereocenters. The molecule has 0 radical (unpaired) electrons. The van der Waals surface area contributed by atoms with Gasteiger partial charge in [-0.15, -0.1) is 10.2 Å². The van der Waals surface area contributed by atoms with Gasteiger partial charge in [-0.3, -0.25) is 14.5 Å². The number of benzene rings is 3. The van der Waals surface area contributed by atoms with Crippen LogP contribution in [0.25, 0.3) is 28.6 Å². The van der Waals surface area contributed by atoms with Gasteiger partial charge in [-0.05, 0) is 57.4 Å². The molecule has 2 amide bonds. The zero-order chi connectivity index (χ0) is 22.8. The molecular weight excluding hydrogens is 441 g/mol. The Labute approximate surface area is 192 Å². The summed E-state index contributed by atoms with van der Waals surface area (Å²) in [4.78, 5) is 26.8. The molecule has 5 rings (SSSR count). The molecule has 0 atom stereocenters. The second kappa shape index (κ2) is 8.79.